The molecule has 4 heterocycles. The van der Waals surface area contributed by atoms with Crippen LogP contribution < -0.4 is 9.80 Å². The van der Waals surface area contributed by atoms with E-state index in [1.807, 2.05) is 98.8 Å². The van der Waals surface area contributed by atoms with E-state index in [-0.39, 0.29) is 25.5 Å². The first-order valence-corrected chi connectivity index (χ1v) is 42.2. The Morgan fingerprint density at radius 3 is 1.11 bits per heavy atom. The molecule has 0 N–H and O–H groups in total. The number of hydrogen-bond acceptors (Lipinski definition) is 4. The molecule has 0 unspecified atom stereocenters. The first kappa shape index (κ1) is 82.2. The Labute approximate surface area is 746 Å². The van der Waals surface area contributed by atoms with E-state index in [4.69, 9.17) is 0 Å². The number of para-hydroxylation sites is 3. The van der Waals surface area contributed by atoms with E-state index in [0.29, 0.717) is 0 Å². The van der Waals surface area contributed by atoms with Crippen LogP contribution in [0, 0.1) is 26.0 Å². The van der Waals surface area contributed by atoms with E-state index in [2.05, 4.69) is 433 Å². The third-order valence-electron chi connectivity index (χ3n) is 23.0. The summed E-state index contributed by atoms with van der Waals surface area (Å²) < 4.78 is 4.80. The Hall–Kier alpha value is -15.1. The van der Waals surface area contributed by atoms with Gasteiger partial charge in [0.15, 0.2) is 0 Å². The molecule has 0 amide bonds. The van der Waals surface area contributed by atoms with Crippen LogP contribution in [-0.2, 0) is 25.5 Å². The van der Waals surface area contributed by atoms with Crippen molar-refractivity contribution in [1.29, 1.82) is 0 Å². The number of aryl methyl sites for hydroxylation is 2. The maximum atomic E-state index is 4.55. The molecule has 17 aromatic carbocycles. The summed E-state index contributed by atoms with van der Waals surface area (Å²) in [6.07, 6.45) is 3.76. The Balaban J connectivity index is 0.000000131. The third-order valence-corrected chi connectivity index (χ3v) is 23.0. The molecule has 0 atom stereocenters. The summed E-state index contributed by atoms with van der Waals surface area (Å²) in [5.74, 6) is 0. The van der Waals surface area contributed by atoms with E-state index < -0.39 is 0 Å². The summed E-state index contributed by atoms with van der Waals surface area (Å²) in [6, 6.07) is 159. The standard InChI is InChI=1S/C48H36N2.C40H32N2.C18H14N.C12H10N.Ir/c1-3-35-19-27-41(28-20-35)49(47-17-9-13-39-11-5-7-15-45(39)47)43-31-23-37(24-32-43)38-25-33-44(34-26-38)50(42-29-21-36(4-2)22-30-42)48-18-10-14-40-12-6-8-16-46(40)48;1-40(2,3)29-22-23-39-35(26-29)34-18-6-9-21-38(34)42(39)31-15-11-13-28(25-31)27-12-10-14-30(24-27)41-36-19-7-4-16-32(36)33-17-5-8-20-37(33)41;1-14-7-5-12-18(19-14)17-11-6-10-16(13-17)15-8-3-2-4-9-15;1-10-6-5-9-12(13-10)11-7-3-2-4-8-11;/h3-34H,1-2H2;4-26H,1-3H3;2-10,12-13H,1H3;2-7,9H,1H3;/q;;2*-1;. The molecule has 0 aliphatic rings. The normalized spacial score (nSPS) is 11.1. The molecule has 0 bridgehead atoms. The van der Waals surface area contributed by atoms with Crippen LogP contribution in [0.15, 0.2) is 444 Å². The van der Waals surface area contributed by atoms with Gasteiger partial charge in [-0.15, -0.1) is 71.3 Å². The van der Waals surface area contributed by atoms with Crippen molar-refractivity contribution >= 4 is 111 Å². The average molecular weight is 1790 g/mol. The van der Waals surface area contributed by atoms with Crippen molar-refractivity contribution < 1.29 is 20.1 Å². The van der Waals surface area contributed by atoms with Gasteiger partial charge in [0.1, 0.15) is 0 Å². The van der Waals surface area contributed by atoms with E-state index >= 15 is 0 Å². The van der Waals surface area contributed by atoms with Gasteiger partial charge in [-0.1, -0.05) is 307 Å². The van der Waals surface area contributed by atoms with Crippen LogP contribution in [0.2, 0.25) is 0 Å². The zero-order valence-corrected chi connectivity index (χ0v) is 73.0. The van der Waals surface area contributed by atoms with Crippen molar-refractivity contribution in [3.05, 3.63) is 484 Å². The van der Waals surface area contributed by atoms with Gasteiger partial charge < -0.3 is 28.9 Å². The van der Waals surface area contributed by atoms with Gasteiger partial charge in [0.05, 0.1) is 33.4 Å². The SMILES string of the molecule is C=Cc1ccc(N(c2ccc(-c3ccc(N(c4ccc(C=C)cc4)c4cccc5ccccc45)cc3)cc2)c2cccc3ccccc23)cc1.CC(C)(C)c1ccc2c(c1)c1ccccc1n2-c1cccc(-c2cccc(-n3c4ccccc4c4ccccc43)c2)c1.Cc1cccc(-c2[c-]ccc(-c3ccccc3)c2)n1.Cc1cccc(-c2[c-]cccc2)n1.[Ir]. The van der Waals surface area contributed by atoms with E-state index in [0.717, 1.165) is 90.3 Å². The zero-order valence-electron chi connectivity index (χ0n) is 70.6. The molecular formula is C118H92IrN6-2. The molecule has 0 fully saturated rings. The molecule has 605 valence electrons. The molecule has 0 saturated heterocycles. The predicted molar refractivity (Wildman–Crippen MR) is 528 cm³/mol. The molecule has 0 saturated carbocycles. The number of benzene rings is 17. The molecule has 125 heavy (non-hydrogen) atoms. The summed E-state index contributed by atoms with van der Waals surface area (Å²) in [7, 11) is 0. The Morgan fingerprint density at radius 1 is 0.288 bits per heavy atom. The van der Waals surface area contributed by atoms with E-state index in [1.165, 1.54) is 104 Å². The van der Waals surface area contributed by atoms with Gasteiger partial charge >= 0.3 is 0 Å². The van der Waals surface area contributed by atoms with Crippen molar-refractivity contribution in [2.24, 2.45) is 0 Å². The molecule has 21 rings (SSSR count). The van der Waals surface area contributed by atoms with Gasteiger partial charge in [0.2, 0.25) is 0 Å². The molecule has 0 aliphatic heterocycles. The topological polar surface area (TPSA) is 42.1 Å². The zero-order chi connectivity index (χ0) is 84.5. The molecule has 7 heteroatoms. The summed E-state index contributed by atoms with van der Waals surface area (Å²) in [6.45, 7) is 18.7. The Kier molecular flexibility index (Phi) is 24.4. The maximum absolute atomic E-state index is 4.55. The van der Waals surface area contributed by atoms with Crippen molar-refractivity contribution in [2.75, 3.05) is 9.80 Å². The molecule has 0 aliphatic carbocycles. The Morgan fingerprint density at radius 2 is 0.656 bits per heavy atom. The number of pyridine rings is 2. The summed E-state index contributed by atoms with van der Waals surface area (Å²) in [5, 5.41) is 9.99. The number of hydrogen-bond donors (Lipinski definition) is 0. The maximum Gasteiger partial charge on any atom is 0.0541 e. The first-order valence-electron chi connectivity index (χ1n) is 42.2. The molecule has 1 radical (unpaired) electrons. The van der Waals surface area contributed by atoms with Gasteiger partial charge in [0.25, 0.3) is 0 Å². The number of nitrogens with zero attached hydrogens (tertiary/aromatic N) is 6. The van der Waals surface area contributed by atoms with Crippen molar-refractivity contribution in [2.45, 2.75) is 40.0 Å². The van der Waals surface area contributed by atoms with Crippen molar-refractivity contribution in [1.82, 2.24) is 19.1 Å². The van der Waals surface area contributed by atoms with Gasteiger partial charge in [-0.05, 0) is 213 Å². The summed E-state index contributed by atoms with van der Waals surface area (Å²) >= 11 is 0. The van der Waals surface area contributed by atoms with Crippen LogP contribution in [0.3, 0.4) is 0 Å². The second-order valence-electron chi connectivity index (χ2n) is 32.1. The van der Waals surface area contributed by atoms with Gasteiger partial charge in [-0.2, -0.15) is 0 Å². The van der Waals surface area contributed by atoms with Gasteiger partial charge in [-0.3, -0.25) is 0 Å². The summed E-state index contributed by atoms with van der Waals surface area (Å²) in [5.41, 5.74) is 30.8. The molecule has 4 aromatic heterocycles. The minimum atomic E-state index is 0. The first-order chi connectivity index (χ1) is 60.9. The largest absolute Gasteiger partial charge is 0.310 e. The van der Waals surface area contributed by atoms with Gasteiger partial charge in [-0.25, -0.2) is 0 Å². The second kappa shape index (κ2) is 37.1. The fourth-order valence-electron chi connectivity index (χ4n) is 16.7. The van der Waals surface area contributed by atoms with Crippen LogP contribution in [0.4, 0.5) is 34.1 Å². The van der Waals surface area contributed by atoms with E-state index in [1.54, 1.807) is 0 Å². The Bertz CT molecular complexity index is 7150. The number of fused-ring (bicyclic) bond motifs is 8. The molecule has 0 spiro atoms. The monoisotopic (exact) mass is 1790 g/mol. The van der Waals surface area contributed by atoms with Crippen LogP contribution in [0.25, 0.3) is 145 Å². The molecule has 21 aromatic rings. The van der Waals surface area contributed by atoms with Crippen molar-refractivity contribution in [3.63, 3.8) is 0 Å². The number of rotatable bonds is 15. The number of aromatic nitrogens is 4. The average Bonchev–Trinajstić information content (AvgIpc) is 1.60. The third kappa shape index (κ3) is 17.7. The second-order valence-corrected chi connectivity index (χ2v) is 32.1. The molecule has 6 nitrogen and oxygen atoms in total. The predicted octanol–water partition coefficient (Wildman–Crippen LogP) is 32.1. The smallest absolute Gasteiger partial charge is 0.0541 e. The van der Waals surface area contributed by atoms with Crippen LogP contribution in [0.1, 0.15) is 48.8 Å². The quantitative estimate of drug-likeness (QED) is 0.0960. The van der Waals surface area contributed by atoms with E-state index in [9.17, 15) is 0 Å². The summed E-state index contributed by atoms with van der Waals surface area (Å²) in [4.78, 5) is 13.6. The minimum Gasteiger partial charge on any atom is -0.310 e. The van der Waals surface area contributed by atoms with Crippen LogP contribution >= 0.6 is 0 Å². The van der Waals surface area contributed by atoms with Crippen LogP contribution in [-0.4, -0.2) is 19.1 Å². The fourth-order valence-corrected chi connectivity index (χ4v) is 16.7. The number of anilines is 6. The van der Waals surface area contributed by atoms with Gasteiger partial charge in [0, 0.05) is 97.9 Å². The molecular weight excluding hydrogens is 1690 g/mol. The minimum absolute atomic E-state index is 0. The fraction of sp³-hybridized carbons (Fsp3) is 0.0508. The van der Waals surface area contributed by atoms with Crippen molar-refractivity contribution in [3.8, 4) is 67.3 Å². The van der Waals surface area contributed by atoms with Crippen LogP contribution in [0.5, 0.6) is 0 Å².